The van der Waals surface area contributed by atoms with Gasteiger partial charge in [-0.25, -0.2) is 15.2 Å². The Hall–Kier alpha value is -1.54. The van der Waals surface area contributed by atoms with E-state index in [-0.39, 0.29) is 29.8 Å². The van der Waals surface area contributed by atoms with Crippen molar-refractivity contribution in [1.29, 1.82) is 0 Å². The molecule has 24 heavy (non-hydrogen) atoms. The molecule has 1 saturated carbocycles. The van der Waals surface area contributed by atoms with Crippen LogP contribution in [-0.4, -0.2) is 30.6 Å². The van der Waals surface area contributed by atoms with Crippen LogP contribution in [0.25, 0.3) is 0 Å². The van der Waals surface area contributed by atoms with Crippen LogP contribution in [-0.2, 0) is 4.79 Å². The van der Waals surface area contributed by atoms with Gasteiger partial charge in [0.05, 0.1) is 6.04 Å². The van der Waals surface area contributed by atoms with Crippen molar-refractivity contribution in [3.8, 4) is 0 Å². The molecule has 0 aromatic heterocycles. The van der Waals surface area contributed by atoms with E-state index in [1.165, 1.54) is 6.07 Å². The van der Waals surface area contributed by atoms with Gasteiger partial charge in [-0.1, -0.05) is 18.2 Å². The first kappa shape index (κ1) is 16.0. The fourth-order valence-corrected chi connectivity index (χ4v) is 4.12. The highest BCUT2D eigenvalue weighted by molar-refractivity contribution is 5.82. The van der Waals surface area contributed by atoms with E-state index >= 15 is 0 Å². The van der Waals surface area contributed by atoms with Crippen molar-refractivity contribution >= 4 is 5.91 Å². The van der Waals surface area contributed by atoms with E-state index < -0.39 is 0 Å². The molecule has 2 heterocycles. The van der Waals surface area contributed by atoms with Crippen LogP contribution in [0.15, 0.2) is 24.3 Å². The van der Waals surface area contributed by atoms with Gasteiger partial charge in [-0.05, 0) is 37.7 Å². The summed E-state index contributed by atoms with van der Waals surface area (Å²) in [6, 6.07) is 6.96. The second-order valence-electron chi connectivity index (χ2n) is 7.06. The van der Waals surface area contributed by atoms with E-state index in [9.17, 15) is 9.18 Å². The van der Waals surface area contributed by atoms with Crippen molar-refractivity contribution in [3.63, 3.8) is 0 Å². The van der Waals surface area contributed by atoms with Crippen molar-refractivity contribution in [2.45, 2.75) is 49.9 Å². The van der Waals surface area contributed by atoms with Crippen molar-refractivity contribution in [1.82, 2.24) is 27.0 Å². The molecule has 0 radical (unpaired) electrons. The minimum Gasteiger partial charge on any atom is -0.352 e. The van der Waals surface area contributed by atoms with E-state index in [1.807, 2.05) is 6.07 Å². The van der Waals surface area contributed by atoms with Crippen LogP contribution < -0.4 is 27.0 Å². The summed E-state index contributed by atoms with van der Waals surface area (Å²) >= 11 is 0. The number of hydrogen-bond donors (Lipinski definition) is 5. The smallest absolute Gasteiger partial charge is 0.238 e. The summed E-state index contributed by atoms with van der Waals surface area (Å²) in [6.07, 6.45) is 3.64. The Morgan fingerprint density at radius 1 is 1.12 bits per heavy atom. The van der Waals surface area contributed by atoms with Gasteiger partial charge in [0.25, 0.3) is 0 Å². The second kappa shape index (κ2) is 6.76. The molecule has 1 aromatic carbocycles. The first-order valence-corrected chi connectivity index (χ1v) is 8.75. The average Bonchev–Trinajstić information content (AvgIpc) is 3.24. The van der Waals surface area contributed by atoms with Gasteiger partial charge in [0, 0.05) is 24.2 Å². The number of carbonyl (C=O) groups excluding carboxylic acids is 1. The van der Waals surface area contributed by atoms with Crippen molar-refractivity contribution in [2.24, 2.45) is 5.92 Å². The maximum Gasteiger partial charge on any atom is 0.238 e. The summed E-state index contributed by atoms with van der Waals surface area (Å²) in [5, 5.41) is 3.17. The van der Waals surface area contributed by atoms with Gasteiger partial charge < -0.3 is 5.32 Å². The molecule has 5 unspecified atom stereocenters. The highest BCUT2D eigenvalue weighted by Crippen LogP contribution is 2.28. The fourth-order valence-electron chi connectivity index (χ4n) is 4.12. The predicted molar refractivity (Wildman–Crippen MR) is 88.0 cm³/mol. The van der Waals surface area contributed by atoms with E-state index in [4.69, 9.17) is 0 Å². The van der Waals surface area contributed by atoms with Crippen molar-refractivity contribution < 1.29 is 9.18 Å². The molecule has 2 saturated heterocycles. The summed E-state index contributed by atoms with van der Waals surface area (Å²) in [7, 11) is 0. The molecule has 5 atom stereocenters. The molecule has 130 valence electrons. The maximum absolute atomic E-state index is 13.9. The quantitative estimate of drug-likeness (QED) is 0.557. The third-order valence-electron chi connectivity index (χ3n) is 5.48. The van der Waals surface area contributed by atoms with Gasteiger partial charge in [0.2, 0.25) is 5.91 Å². The molecule has 3 aliphatic rings. The van der Waals surface area contributed by atoms with Gasteiger partial charge in [-0.15, -0.1) is 0 Å². The van der Waals surface area contributed by atoms with E-state index in [0.717, 1.165) is 25.8 Å². The molecular weight excluding hydrogens is 309 g/mol. The first-order valence-electron chi connectivity index (χ1n) is 8.75. The largest absolute Gasteiger partial charge is 0.352 e. The number of halogens is 1. The second-order valence-corrected chi connectivity index (χ2v) is 7.06. The molecule has 1 aromatic rings. The highest BCUT2D eigenvalue weighted by Gasteiger charge is 2.36. The number of carbonyl (C=O) groups is 1. The first-order chi connectivity index (χ1) is 11.7. The monoisotopic (exact) mass is 333 g/mol. The van der Waals surface area contributed by atoms with Crippen LogP contribution in [0.4, 0.5) is 4.39 Å². The number of amides is 1. The zero-order valence-electron chi connectivity index (χ0n) is 13.5. The Balaban J connectivity index is 1.32. The van der Waals surface area contributed by atoms with Crippen molar-refractivity contribution in [2.75, 3.05) is 6.54 Å². The standard InChI is InChI=1S/C17H24FN5O/c18-13-4-2-1-3-12(13)15-8-16(23-22-15)17(24)20-11-5-6-14-10(7-11)9-19-21-14/h1-4,10-11,14-16,19,21-23H,5-9H2,(H,20,24). The third-order valence-corrected chi connectivity index (χ3v) is 5.48. The zero-order chi connectivity index (χ0) is 16.5. The molecule has 1 aliphatic carbocycles. The molecule has 2 aliphatic heterocycles. The van der Waals surface area contributed by atoms with Gasteiger partial charge >= 0.3 is 0 Å². The van der Waals surface area contributed by atoms with Gasteiger partial charge in [0.1, 0.15) is 11.9 Å². The minimum absolute atomic E-state index is 0.00343. The zero-order valence-corrected chi connectivity index (χ0v) is 13.5. The molecule has 4 rings (SSSR count). The average molecular weight is 333 g/mol. The van der Waals surface area contributed by atoms with Crippen LogP contribution in [0.3, 0.4) is 0 Å². The van der Waals surface area contributed by atoms with E-state index in [2.05, 4.69) is 27.0 Å². The summed E-state index contributed by atoms with van der Waals surface area (Å²) in [5.74, 6) is 0.353. The van der Waals surface area contributed by atoms with Crippen LogP contribution in [0.2, 0.25) is 0 Å². The summed E-state index contributed by atoms with van der Waals surface area (Å²) < 4.78 is 13.9. The molecular formula is C17H24FN5O. The SMILES string of the molecule is O=C(NC1CCC2NNCC2C1)C1CC(c2ccccc2F)NN1. The maximum atomic E-state index is 13.9. The number of nitrogens with one attached hydrogen (secondary N) is 5. The Labute approximate surface area is 140 Å². The van der Waals surface area contributed by atoms with Gasteiger partial charge in [-0.2, -0.15) is 0 Å². The van der Waals surface area contributed by atoms with E-state index in [0.29, 0.717) is 23.9 Å². The van der Waals surface area contributed by atoms with Crippen LogP contribution in [0, 0.1) is 11.7 Å². The topological polar surface area (TPSA) is 77.2 Å². The third kappa shape index (κ3) is 3.17. The van der Waals surface area contributed by atoms with Gasteiger partial charge in [-0.3, -0.25) is 15.6 Å². The summed E-state index contributed by atoms with van der Waals surface area (Å²) in [4.78, 5) is 12.5. The Morgan fingerprint density at radius 3 is 2.88 bits per heavy atom. The van der Waals surface area contributed by atoms with Crippen LogP contribution in [0.1, 0.15) is 37.3 Å². The minimum atomic E-state index is -0.327. The Kier molecular flexibility index (Phi) is 4.49. The van der Waals surface area contributed by atoms with Gasteiger partial charge in [0.15, 0.2) is 0 Å². The molecule has 0 spiro atoms. The predicted octanol–water partition coefficient (Wildman–Crippen LogP) is 0.495. The lowest BCUT2D eigenvalue weighted by Crippen LogP contribution is -2.49. The molecule has 1 amide bonds. The van der Waals surface area contributed by atoms with E-state index in [1.54, 1.807) is 12.1 Å². The summed E-state index contributed by atoms with van der Waals surface area (Å²) in [6.45, 7) is 0.968. The number of fused-ring (bicyclic) bond motifs is 1. The molecule has 0 bridgehead atoms. The Bertz CT molecular complexity index is 612. The lowest BCUT2D eigenvalue weighted by atomic mass is 9.83. The lowest BCUT2D eigenvalue weighted by molar-refractivity contribution is -0.123. The molecule has 6 nitrogen and oxygen atoms in total. The Morgan fingerprint density at radius 2 is 2.00 bits per heavy atom. The number of hydrazine groups is 2. The molecule has 5 N–H and O–H groups in total. The van der Waals surface area contributed by atoms with Crippen LogP contribution >= 0.6 is 0 Å². The van der Waals surface area contributed by atoms with Crippen LogP contribution in [0.5, 0.6) is 0 Å². The fraction of sp³-hybridized carbons (Fsp3) is 0.588. The highest BCUT2D eigenvalue weighted by atomic mass is 19.1. The number of hydrogen-bond acceptors (Lipinski definition) is 5. The molecule has 3 fully saturated rings. The lowest BCUT2D eigenvalue weighted by Gasteiger charge is -2.31. The number of rotatable bonds is 3. The number of benzene rings is 1. The molecule has 7 heteroatoms. The van der Waals surface area contributed by atoms with Crippen molar-refractivity contribution in [3.05, 3.63) is 35.6 Å². The summed E-state index contributed by atoms with van der Waals surface area (Å²) in [5.41, 5.74) is 13.2. The normalized spacial score (nSPS) is 35.6.